The summed E-state index contributed by atoms with van der Waals surface area (Å²) in [6.07, 6.45) is 10.1. The number of nitrogens with zero attached hydrogens (tertiary/aromatic N) is 1. The molecule has 3 aliphatic rings. The maximum atomic E-state index is 12.7. The molecule has 0 spiro atoms. The molecule has 2 unspecified atom stereocenters. The first kappa shape index (κ1) is 19.5. The molecule has 0 bridgehead atoms. The molecule has 3 fully saturated rings. The fraction of sp³-hybridized carbons (Fsp3) is 0.889. The molecule has 2 heterocycles. The minimum absolute atomic E-state index is 0. The van der Waals surface area contributed by atoms with Crippen molar-refractivity contribution in [1.29, 1.82) is 0 Å². The van der Waals surface area contributed by atoms with E-state index in [9.17, 15) is 9.59 Å². The number of hydrogen-bond donors (Lipinski definition) is 2. The minimum atomic E-state index is -0.00133. The second-order valence-corrected chi connectivity index (χ2v) is 7.52. The smallest absolute Gasteiger partial charge is 0.237 e. The Kier molecular flexibility index (Phi) is 7.82. The molecular weight excluding hydrogens is 326 g/mol. The minimum Gasteiger partial charge on any atom is -0.354 e. The van der Waals surface area contributed by atoms with Crippen LogP contribution in [0.3, 0.4) is 0 Å². The summed E-state index contributed by atoms with van der Waals surface area (Å²) in [6, 6.07) is -0.00133. The largest absolute Gasteiger partial charge is 0.354 e. The Balaban J connectivity index is 0.00000208. The molecule has 2 N–H and O–H groups in total. The maximum Gasteiger partial charge on any atom is 0.237 e. The van der Waals surface area contributed by atoms with E-state index in [4.69, 9.17) is 0 Å². The predicted octanol–water partition coefficient (Wildman–Crippen LogP) is 2.10. The van der Waals surface area contributed by atoms with Gasteiger partial charge < -0.3 is 15.5 Å². The van der Waals surface area contributed by atoms with E-state index < -0.39 is 0 Å². The first-order valence-corrected chi connectivity index (χ1v) is 9.54. The molecule has 0 aromatic rings. The zero-order valence-corrected chi connectivity index (χ0v) is 15.4. The van der Waals surface area contributed by atoms with Crippen LogP contribution in [0.5, 0.6) is 0 Å². The van der Waals surface area contributed by atoms with Gasteiger partial charge in [-0.25, -0.2) is 0 Å². The third-order valence-electron chi connectivity index (χ3n) is 5.73. The molecule has 2 amide bonds. The topological polar surface area (TPSA) is 61.4 Å². The zero-order valence-electron chi connectivity index (χ0n) is 14.6. The van der Waals surface area contributed by atoms with Crippen LogP contribution in [-0.2, 0) is 9.59 Å². The quantitative estimate of drug-likeness (QED) is 0.810. The van der Waals surface area contributed by atoms with Crippen molar-refractivity contribution in [2.75, 3.05) is 26.2 Å². The van der Waals surface area contributed by atoms with Gasteiger partial charge in [0.25, 0.3) is 0 Å². The Morgan fingerprint density at radius 3 is 2.50 bits per heavy atom. The molecule has 1 aliphatic carbocycles. The van der Waals surface area contributed by atoms with E-state index in [0.717, 1.165) is 58.2 Å². The fourth-order valence-electron chi connectivity index (χ4n) is 4.32. The van der Waals surface area contributed by atoms with Gasteiger partial charge in [-0.3, -0.25) is 9.59 Å². The molecule has 138 valence electrons. The maximum absolute atomic E-state index is 12.7. The number of hydrogen-bond acceptors (Lipinski definition) is 3. The third-order valence-corrected chi connectivity index (χ3v) is 5.73. The SMILES string of the molecule is Cl.O=C(NCC1CCCN(C(=O)C2CCCCC2)C1)C1CCCN1. The van der Waals surface area contributed by atoms with Crippen molar-refractivity contribution < 1.29 is 9.59 Å². The first-order valence-electron chi connectivity index (χ1n) is 9.54. The lowest BCUT2D eigenvalue weighted by atomic mass is 9.87. The van der Waals surface area contributed by atoms with Gasteiger partial charge in [0.15, 0.2) is 0 Å². The summed E-state index contributed by atoms with van der Waals surface area (Å²) in [5, 5.41) is 6.33. The van der Waals surface area contributed by atoms with Crippen LogP contribution >= 0.6 is 12.4 Å². The Labute approximate surface area is 151 Å². The Hall–Kier alpha value is -0.810. The fourth-order valence-corrected chi connectivity index (χ4v) is 4.32. The summed E-state index contributed by atoms with van der Waals surface area (Å²) in [5.74, 6) is 1.19. The molecule has 2 atom stereocenters. The lowest BCUT2D eigenvalue weighted by Gasteiger charge is -2.36. The summed E-state index contributed by atoms with van der Waals surface area (Å²) >= 11 is 0. The van der Waals surface area contributed by atoms with E-state index in [2.05, 4.69) is 15.5 Å². The normalized spacial score (nSPS) is 28.2. The van der Waals surface area contributed by atoms with Crippen LogP contribution in [0.25, 0.3) is 0 Å². The number of carbonyl (C=O) groups excluding carboxylic acids is 2. The standard InChI is InChI=1S/C18H31N3O2.ClH/c22-17(16-9-4-10-19-16)20-12-14-6-5-11-21(13-14)18(23)15-7-2-1-3-8-15;/h14-16,19H,1-13H2,(H,20,22);1H. The van der Waals surface area contributed by atoms with Gasteiger partial charge in [0.2, 0.25) is 11.8 Å². The van der Waals surface area contributed by atoms with Crippen LogP contribution in [0.15, 0.2) is 0 Å². The highest BCUT2D eigenvalue weighted by molar-refractivity contribution is 5.85. The molecule has 2 saturated heterocycles. The van der Waals surface area contributed by atoms with Crippen molar-refractivity contribution in [3.63, 3.8) is 0 Å². The summed E-state index contributed by atoms with van der Waals surface area (Å²) in [5.41, 5.74) is 0. The highest BCUT2D eigenvalue weighted by atomic mass is 35.5. The molecule has 1 saturated carbocycles. The molecule has 2 aliphatic heterocycles. The number of likely N-dealkylation sites (tertiary alicyclic amines) is 1. The number of halogens is 1. The molecular formula is C18H32ClN3O2. The van der Waals surface area contributed by atoms with E-state index in [-0.39, 0.29) is 30.3 Å². The molecule has 6 heteroatoms. The number of carbonyl (C=O) groups is 2. The van der Waals surface area contributed by atoms with Crippen LogP contribution in [0, 0.1) is 11.8 Å². The van der Waals surface area contributed by atoms with Gasteiger partial charge in [-0.1, -0.05) is 19.3 Å². The number of amides is 2. The summed E-state index contributed by atoms with van der Waals surface area (Å²) in [4.78, 5) is 26.8. The van der Waals surface area contributed by atoms with Crippen LogP contribution in [0.2, 0.25) is 0 Å². The Morgan fingerprint density at radius 2 is 1.79 bits per heavy atom. The number of nitrogens with one attached hydrogen (secondary N) is 2. The van der Waals surface area contributed by atoms with Crippen LogP contribution in [-0.4, -0.2) is 48.9 Å². The van der Waals surface area contributed by atoms with Crippen LogP contribution in [0.1, 0.15) is 57.8 Å². The molecule has 0 aromatic heterocycles. The third kappa shape index (κ3) is 5.09. The highest BCUT2D eigenvalue weighted by Crippen LogP contribution is 2.27. The predicted molar refractivity (Wildman–Crippen MR) is 97.2 cm³/mol. The summed E-state index contributed by atoms with van der Waals surface area (Å²) < 4.78 is 0. The lowest BCUT2D eigenvalue weighted by molar-refractivity contribution is -0.138. The number of rotatable bonds is 4. The van der Waals surface area contributed by atoms with Crippen molar-refractivity contribution in [1.82, 2.24) is 15.5 Å². The van der Waals surface area contributed by atoms with Gasteiger partial charge in [0.1, 0.15) is 0 Å². The van der Waals surface area contributed by atoms with Crippen molar-refractivity contribution in [3.8, 4) is 0 Å². The zero-order chi connectivity index (χ0) is 16.1. The van der Waals surface area contributed by atoms with Gasteiger partial charge in [-0.2, -0.15) is 0 Å². The van der Waals surface area contributed by atoms with Crippen LogP contribution in [0.4, 0.5) is 0 Å². The van der Waals surface area contributed by atoms with Crippen molar-refractivity contribution in [3.05, 3.63) is 0 Å². The van der Waals surface area contributed by atoms with Crippen LogP contribution < -0.4 is 10.6 Å². The monoisotopic (exact) mass is 357 g/mol. The van der Waals surface area contributed by atoms with Gasteiger partial charge in [0.05, 0.1) is 6.04 Å². The van der Waals surface area contributed by atoms with E-state index in [0.29, 0.717) is 18.4 Å². The first-order chi connectivity index (χ1) is 11.2. The summed E-state index contributed by atoms with van der Waals surface area (Å²) in [7, 11) is 0. The Bertz CT molecular complexity index is 420. The summed E-state index contributed by atoms with van der Waals surface area (Å²) in [6.45, 7) is 3.40. The Morgan fingerprint density at radius 1 is 1.00 bits per heavy atom. The van der Waals surface area contributed by atoms with Gasteiger partial charge in [0, 0.05) is 25.6 Å². The molecule has 24 heavy (non-hydrogen) atoms. The second-order valence-electron chi connectivity index (χ2n) is 7.52. The molecule has 5 nitrogen and oxygen atoms in total. The van der Waals surface area contributed by atoms with E-state index in [1.54, 1.807) is 0 Å². The average Bonchev–Trinajstić information content (AvgIpc) is 3.15. The highest BCUT2D eigenvalue weighted by Gasteiger charge is 2.30. The van der Waals surface area contributed by atoms with Crippen molar-refractivity contribution in [2.45, 2.75) is 63.8 Å². The van der Waals surface area contributed by atoms with Gasteiger partial charge in [-0.05, 0) is 51.0 Å². The van der Waals surface area contributed by atoms with Crippen molar-refractivity contribution in [2.24, 2.45) is 11.8 Å². The lowest BCUT2D eigenvalue weighted by Crippen LogP contribution is -2.48. The second kappa shape index (κ2) is 9.62. The molecule has 0 aromatic carbocycles. The number of piperidine rings is 1. The van der Waals surface area contributed by atoms with E-state index >= 15 is 0 Å². The van der Waals surface area contributed by atoms with Gasteiger partial charge >= 0.3 is 0 Å². The van der Waals surface area contributed by atoms with E-state index in [1.165, 1.54) is 19.3 Å². The van der Waals surface area contributed by atoms with Gasteiger partial charge in [-0.15, -0.1) is 12.4 Å². The van der Waals surface area contributed by atoms with E-state index in [1.807, 2.05) is 0 Å². The van der Waals surface area contributed by atoms with Crippen molar-refractivity contribution >= 4 is 24.2 Å². The molecule has 3 rings (SSSR count). The average molecular weight is 358 g/mol. The molecule has 0 radical (unpaired) electrons.